The molecule has 7 heteroatoms. The van der Waals surface area contributed by atoms with Crippen LogP contribution in [0, 0.1) is 0 Å². The zero-order valence-electron chi connectivity index (χ0n) is 17.8. The van der Waals surface area contributed by atoms with Gasteiger partial charge in [0.1, 0.15) is 6.04 Å². The fourth-order valence-electron chi connectivity index (χ4n) is 3.74. The van der Waals surface area contributed by atoms with Crippen LogP contribution in [0.3, 0.4) is 0 Å². The van der Waals surface area contributed by atoms with E-state index in [1.54, 1.807) is 17.0 Å². The maximum atomic E-state index is 12.9. The number of nitrogens with two attached hydrogens (primary N) is 1. The number of hydrogen-bond donors (Lipinski definition) is 1. The minimum absolute atomic E-state index is 0.0544. The van der Waals surface area contributed by atoms with Crippen molar-refractivity contribution in [2.24, 2.45) is 0 Å². The van der Waals surface area contributed by atoms with Crippen LogP contribution >= 0.6 is 0 Å². The quantitative estimate of drug-likeness (QED) is 0.694. The smallest absolute Gasteiger partial charge is 0.277 e. The summed E-state index contributed by atoms with van der Waals surface area (Å²) in [6.07, 6.45) is 1.98. The van der Waals surface area contributed by atoms with Crippen LogP contribution < -0.4 is 5.32 Å². The summed E-state index contributed by atoms with van der Waals surface area (Å²) < 4.78 is 27.3. The first kappa shape index (κ1) is 22.5. The van der Waals surface area contributed by atoms with Crippen LogP contribution in [-0.4, -0.2) is 56.3 Å². The number of carbonyl (C=O) groups is 1. The molecule has 0 unspecified atom stereocenters. The van der Waals surface area contributed by atoms with Crippen molar-refractivity contribution < 1.29 is 18.5 Å². The normalized spacial score (nSPS) is 16.4. The lowest BCUT2D eigenvalue weighted by molar-refractivity contribution is -0.683. The van der Waals surface area contributed by atoms with Gasteiger partial charge in [0, 0.05) is 31.7 Å². The molecule has 162 valence electrons. The fraction of sp³-hybridized carbons (Fsp3) is 0.435. The van der Waals surface area contributed by atoms with Crippen LogP contribution in [0.2, 0.25) is 0 Å². The summed E-state index contributed by atoms with van der Waals surface area (Å²) >= 11 is 0. The van der Waals surface area contributed by atoms with E-state index in [2.05, 4.69) is 26.0 Å². The molecule has 6 nitrogen and oxygen atoms in total. The Labute approximate surface area is 179 Å². The summed E-state index contributed by atoms with van der Waals surface area (Å²) in [4.78, 5) is 14.7. The van der Waals surface area contributed by atoms with Crippen LogP contribution in [0.25, 0.3) is 0 Å². The van der Waals surface area contributed by atoms with Gasteiger partial charge in [-0.3, -0.25) is 4.79 Å². The minimum Gasteiger partial charge on any atom is -0.335 e. The van der Waals surface area contributed by atoms with Crippen molar-refractivity contribution in [1.29, 1.82) is 0 Å². The summed E-state index contributed by atoms with van der Waals surface area (Å²) in [5.74, 6) is 0.0544. The molecule has 1 atom stereocenters. The van der Waals surface area contributed by atoms with Gasteiger partial charge >= 0.3 is 0 Å². The van der Waals surface area contributed by atoms with Crippen molar-refractivity contribution in [3.05, 3.63) is 65.7 Å². The lowest BCUT2D eigenvalue weighted by Gasteiger charge is -2.33. The number of piperazine rings is 1. The summed E-state index contributed by atoms with van der Waals surface area (Å²) in [5.41, 5.74) is 2.33. The van der Waals surface area contributed by atoms with Gasteiger partial charge in [-0.2, -0.15) is 4.31 Å². The Balaban J connectivity index is 1.51. The molecule has 2 aromatic rings. The second-order valence-corrected chi connectivity index (χ2v) is 9.76. The average molecular weight is 431 g/mol. The van der Waals surface area contributed by atoms with Gasteiger partial charge in [0.05, 0.1) is 4.90 Å². The molecule has 1 amide bonds. The monoisotopic (exact) mass is 430 g/mol. The van der Waals surface area contributed by atoms with Crippen LogP contribution in [0.1, 0.15) is 37.4 Å². The van der Waals surface area contributed by atoms with E-state index in [1.807, 2.05) is 35.6 Å². The van der Waals surface area contributed by atoms with Gasteiger partial charge in [-0.15, -0.1) is 0 Å². The van der Waals surface area contributed by atoms with Crippen molar-refractivity contribution in [3.63, 3.8) is 0 Å². The molecule has 0 aromatic heterocycles. The molecule has 1 saturated heterocycles. The van der Waals surface area contributed by atoms with Crippen molar-refractivity contribution in [2.45, 2.75) is 37.6 Å². The highest BCUT2D eigenvalue weighted by Gasteiger charge is 2.30. The van der Waals surface area contributed by atoms with Crippen molar-refractivity contribution in [3.8, 4) is 0 Å². The summed E-state index contributed by atoms with van der Waals surface area (Å²) in [7, 11) is -3.52. The summed E-state index contributed by atoms with van der Waals surface area (Å²) in [6.45, 7) is 6.07. The van der Waals surface area contributed by atoms with E-state index < -0.39 is 10.0 Å². The lowest BCUT2D eigenvalue weighted by atomic mass is 10.1. The lowest BCUT2D eigenvalue weighted by Crippen LogP contribution is -2.87. The van der Waals surface area contributed by atoms with E-state index in [0.29, 0.717) is 37.6 Å². The zero-order chi connectivity index (χ0) is 21.6. The Hall–Kier alpha value is -2.22. The zero-order valence-corrected chi connectivity index (χ0v) is 18.6. The predicted octanol–water partition coefficient (Wildman–Crippen LogP) is 1.80. The molecule has 0 aliphatic carbocycles. The Morgan fingerprint density at radius 3 is 2.23 bits per heavy atom. The molecule has 0 radical (unpaired) electrons. The van der Waals surface area contributed by atoms with Gasteiger partial charge in [0.15, 0.2) is 6.54 Å². The molecule has 1 heterocycles. The minimum atomic E-state index is -3.52. The fourth-order valence-corrected chi connectivity index (χ4v) is 5.17. The van der Waals surface area contributed by atoms with E-state index in [9.17, 15) is 13.2 Å². The molecular weight excluding hydrogens is 398 g/mol. The molecule has 1 fully saturated rings. The molecule has 1 aliphatic rings. The molecular formula is C23H32N3O3S+. The highest BCUT2D eigenvalue weighted by molar-refractivity contribution is 7.89. The third-order valence-electron chi connectivity index (χ3n) is 5.66. The maximum Gasteiger partial charge on any atom is 0.277 e. The SMILES string of the molecule is CCCc1ccc(S(=O)(=O)N2CCN(C(=O)C[NH2+][C@H](C)c3ccccc3)CC2)cc1. The van der Waals surface area contributed by atoms with E-state index >= 15 is 0 Å². The molecule has 1 aliphatic heterocycles. The van der Waals surface area contributed by atoms with Gasteiger partial charge in [-0.25, -0.2) is 8.42 Å². The number of nitrogens with zero attached hydrogens (tertiary/aromatic N) is 2. The number of sulfonamides is 1. The molecule has 0 bridgehead atoms. The molecule has 30 heavy (non-hydrogen) atoms. The third-order valence-corrected chi connectivity index (χ3v) is 7.58. The summed E-state index contributed by atoms with van der Waals surface area (Å²) in [6, 6.07) is 17.5. The number of aryl methyl sites for hydroxylation is 1. The standard InChI is InChI=1S/C23H31N3O3S/c1-3-7-20-10-12-22(13-11-20)30(28,29)26-16-14-25(15-17-26)23(27)18-24-19(2)21-8-5-4-6-9-21/h4-6,8-13,19,24H,3,7,14-18H2,1-2H3/p+1/t19-/m1/s1. The first-order chi connectivity index (χ1) is 14.4. The van der Waals surface area contributed by atoms with E-state index in [-0.39, 0.29) is 11.9 Å². The first-order valence-electron chi connectivity index (χ1n) is 10.7. The molecule has 3 rings (SSSR count). The van der Waals surface area contributed by atoms with E-state index in [4.69, 9.17) is 0 Å². The van der Waals surface area contributed by atoms with Gasteiger partial charge in [0.2, 0.25) is 10.0 Å². The van der Waals surface area contributed by atoms with Crippen molar-refractivity contribution >= 4 is 15.9 Å². The average Bonchev–Trinajstić information content (AvgIpc) is 2.78. The predicted molar refractivity (Wildman–Crippen MR) is 117 cm³/mol. The van der Waals surface area contributed by atoms with Crippen molar-refractivity contribution in [2.75, 3.05) is 32.7 Å². The van der Waals surface area contributed by atoms with Crippen LogP contribution in [0.5, 0.6) is 0 Å². The number of amides is 1. The largest absolute Gasteiger partial charge is 0.335 e. The third kappa shape index (κ3) is 5.47. The number of carbonyl (C=O) groups excluding carboxylic acids is 1. The second-order valence-electron chi connectivity index (χ2n) is 7.82. The summed E-state index contributed by atoms with van der Waals surface area (Å²) in [5, 5.41) is 2.03. The number of rotatable bonds is 8. The number of quaternary nitrogens is 1. The number of hydrogen-bond acceptors (Lipinski definition) is 3. The Morgan fingerprint density at radius 1 is 1.00 bits per heavy atom. The van der Waals surface area contributed by atoms with Gasteiger partial charge in [-0.05, 0) is 31.0 Å². The molecule has 2 N–H and O–H groups in total. The second kappa shape index (κ2) is 10.2. The molecule has 0 spiro atoms. The van der Waals surface area contributed by atoms with Crippen LogP contribution in [0.15, 0.2) is 59.5 Å². The number of benzene rings is 2. The van der Waals surface area contributed by atoms with Crippen molar-refractivity contribution in [1.82, 2.24) is 9.21 Å². The van der Waals surface area contributed by atoms with Crippen LogP contribution in [-0.2, 0) is 21.2 Å². The molecule has 2 aromatic carbocycles. The first-order valence-corrected chi connectivity index (χ1v) is 12.1. The van der Waals surface area contributed by atoms with Gasteiger partial charge < -0.3 is 10.2 Å². The maximum absolute atomic E-state index is 12.9. The topological polar surface area (TPSA) is 74.3 Å². The Bertz CT molecular complexity index is 922. The van der Waals surface area contributed by atoms with Gasteiger partial charge in [-0.1, -0.05) is 55.8 Å². The van der Waals surface area contributed by atoms with E-state index in [0.717, 1.165) is 18.4 Å². The van der Waals surface area contributed by atoms with E-state index in [1.165, 1.54) is 9.87 Å². The Morgan fingerprint density at radius 2 is 1.63 bits per heavy atom. The Kier molecular flexibility index (Phi) is 7.64. The van der Waals surface area contributed by atoms with Crippen LogP contribution in [0.4, 0.5) is 0 Å². The highest BCUT2D eigenvalue weighted by atomic mass is 32.2. The highest BCUT2D eigenvalue weighted by Crippen LogP contribution is 2.19. The molecule has 0 saturated carbocycles. The van der Waals surface area contributed by atoms with Gasteiger partial charge in [0.25, 0.3) is 5.91 Å².